The largest absolute Gasteiger partial charge is 0.465 e. The number of hydrogen-bond donors (Lipinski definition) is 1. The minimum atomic E-state index is -0.678. The van der Waals surface area contributed by atoms with E-state index in [0.29, 0.717) is 17.9 Å². The van der Waals surface area contributed by atoms with Crippen molar-refractivity contribution in [2.24, 2.45) is 0 Å². The molecule has 4 heteroatoms. The van der Waals surface area contributed by atoms with Crippen LogP contribution in [0.25, 0.3) is 0 Å². The fourth-order valence-electron chi connectivity index (χ4n) is 2.46. The quantitative estimate of drug-likeness (QED) is 0.910. The number of likely N-dealkylation sites (N-methyl/N-ethyl adjacent to an activating group) is 1. The zero-order valence-electron chi connectivity index (χ0n) is 12.2. The van der Waals surface area contributed by atoms with Crippen molar-refractivity contribution in [2.75, 3.05) is 13.6 Å². The van der Waals surface area contributed by atoms with Crippen molar-refractivity contribution in [2.45, 2.75) is 51.6 Å². The van der Waals surface area contributed by atoms with Crippen LogP contribution in [-0.4, -0.2) is 35.1 Å². The number of aliphatic hydroxyl groups is 1. The second-order valence-corrected chi connectivity index (χ2v) is 6.01. The molecular weight excluding hydrogens is 242 g/mol. The van der Waals surface area contributed by atoms with E-state index < -0.39 is 5.60 Å². The maximum Gasteiger partial charge on any atom is 0.257 e. The third-order valence-electron chi connectivity index (χ3n) is 3.90. The van der Waals surface area contributed by atoms with Crippen LogP contribution in [0.1, 0.15) is 60.9 Å². The number of nitrogens with zero attached hydrogens (tertiary/aromatic N) is 1. The number of carbonyl (C=O) groups is 1. The van der Waals surface area contributed by atoms with E-state index in [1.54, 1.807) is 11.9 Å². The van der Waals surface area contributed by atoms with Crippen LogP contribution >= 0.6 is 0 Å². The molecular formula is C15H23NO3. The Bertz CT molecular complexity index is 472. The molecule has 1 N–H and O–H groups in total. The van der Waals surface area contributed by atoms with E-state index in [2.05, 4.69) is 0 Å². The molecule has 0 radical (unpaired) electrons. The van der Waals surface area contributed by atoms with Gasteiger partial charge in [0.2, 0.25) is 0 Å². The molecule has 106 valence electrons. The Kier molecular flexibility index (Phi) is 3.72. The Morgan fingerprint density at radius 1 is 1.53 bits per heavy atom. The second kappa shape index (κ2) is 5.00. The Hall–Kier alpha value is -1.29. The first-order valence-electron chi connectivity index (χ1n) is 6.90. The summed E-state index contributed by atoms with van der Waals surface area (Å²) in [5.74, 6) is 1.67. The summed E-state index contributed by atoms with van der Waals surface area (Å²) in [4.78, 5) is 14.0. The highest BCUT2D eigenvalue weighted by molar-refractivity contribution is 5.95. The van der Waals surface area contributed by atoms with E-state index in [1.165, 1.54) is 0 Å². The molecule has 1 aromatic heterocycles. The number of hydrogen-bond acceptors (Lipinski definition) is 3. The van der Waals surface area contributed by atoms with Gasteiger partial charge in [-0.3, -0.25) is 4.79 Å². The first-order chi connectivity index (χ1) is 8.82. The predicted molar refractivity (Wildman–Crippen MR) is 73.3 cm³/mol. The number of amides is 1. The fourth-order valence-corrected chi connectivity index (χ4v) is 2.46. The smallest absolute Gasteiger partial charge is 0.257 e. The first-order valence-corrected chi connectivity index (χ1v) is 6.90. The number of aryl methyl sites for hydroxylation is 1. The SMILES string of the molecule is Cc1oc(C(C)C)cc1C(=O)N(C)CC1(O)CCC1. The number of rotatable bonds is 4. The Morgan fingerprint density at radius 3 is 2.58 bits per heavy atom. The normalized spacial score (nSPS) is 17.4. The van der Waals surface area contributed by atoms with Crippen molar-refractivity contribution in [1.82, 2.24) is 4.90 Å². The Labute approximate surface area is 114 Å². The van der Waals surface area contributed by atoms with Crippen LogP contribution in [0.4, 0.5) is 0 Å². The molecule has 0 unspecified atom stereocenters. The van der Waals surface area contributed by atoms with Gasteiger partial charge >= 0.3 is 0 Å². The lowest BCUT2D eigenvalue weighted by Crippen LogP contribution is -2.48. The number of furan rings is 1. The van der Waals surface area contributed by atoms with Crippen molar-refractivity contribution in [1.29, 1.82) is 0 Å². The van der Waals surface area contributed by atoms with Crippen molar-refractivity contribution in [3.63, 3.8) is 0 Å². The minimum absolute atomic E-state index is 0.0755. The minimum Gasteiger partial charge on any atom is -0.465 e. The van der Waals surface area contributed by atoms with Crippen molar-refractivity contribution in [3.8, 4) is 0 Å². The molecule has 1 aliphatic carbocycles. The highest BCUT2D eigenvalue weighted by Gasteiger charge is 2.37. The number of carbonyl (C=O) groups excluding carboxylic acids is 1. The molecule has 19 heavy (non-hydrogen) atoms. The van der Waals surface area contributed by atoms with E-state index in [1.807, 2.05) is 26.8 Å². The summed E-state index contributed by atoms with van der Waals surface area (Å²) in [6.07, 6.45) is 2.61. The van der Waals surface area contributed by atoms with E-state index in [9.17, 15) is 9.90 Å². The van der Waals surface area contributed by atoms with Crippen LogP contribution in [0.15, 0.2) is 10.5 Å². The third-order valence-corrected chi connectivity index (χ3v) is 3.90. The average molecular weight is 265 g/mol. The zero-order chi connectivity index (χ0) is 14.2. The van der Waals surface area contributed by atoms with Gasteiger partial charge in [0.15, 0.2) is 0 Å². The van der Waals surface area contributed by atoms with E-state index in [0.717, 1.165) is 25.0 Å². The molecule has 1 saturated carbocycles. The van der Waals surface area contributed by atoms with Crippen LogP contribution in [0.2, 0.25) is 0 Å². The van der Waals surface area contributed by atoms with Crippen LogP contribution < -0.4 is 0 Å². The molecule has 0 saturated heterocycles. The molecule has 1 amide bonds. The van der Waals surface area contributed by atoms with Crippen molar-refractivity contribution >= 4 is 5.91 Å². The lowest BCUT2D eigenvalue weighted by Gasteiger charge is -2.39. The highest BCUT2D eigenvalue weighted by atomic mass is 16.3. The van der Waals surface area contributed by atoms with Gasteiger partial charge in [0.1, 0.15) is 11.5 Å². The first kappa shape index (κ1) is 14.1. The summed E-state index contributed by atoms with van der Waals surface area (Å²) in [5, 5.41) is 10.1. The second-order valence-electron chi connectivity index (χ2n) is 6.01. The molecule has 0 spiro atoms. The lowest BCUT2D eigenvalue weighted by molar-refractivity contribution is -0.0499. The molecule has 1 aliphatic rings. The van der Waals surface area contributed by atoms with Crippen LogP contribution in [0.5, 0.6) is 0 Å². The lowest BCUT2D eigenvalue weighted by atomic mass is 9.80. The van der Waals surface area contributed by atoms with Gasteiger partial charge in [-0.05, 0) is 32.3 Å². The van der Waals surface area contributed by atoms with Gasteiger partial charge < -0.3 is 14.4 Å². The standard InChI is InChI=1S/C15H23NO3/c1-10(2)13-8-12(11(3)19-13)14(17)16(4)9-15(18)6-5-7-15/h8,10,18H,5-7,9H2,1-4H3. The van der Waals surface area contributed by atoms with Gasteiger partial charge in [-0.25, -0.2) is 0 Å². The van der Waals surface area contributed by atoms with E-state index in [-0.39, 0.29) is 11.8 Å². The van der Waals surface area contributed by atoms with Gasteiger partial charge in [0, 0.05) is 19.5 Å². The van der Waals surface area contributed by atoms with Crippen LogP contribution in [0, 0.1) is 6.92 Å². The summed E-state index contributed by atoms with van der Waals surface area (Å²) in [7, 11) is 1.74. The van der Waals surface area contributed by atoms with Gasteiger partial charge in [-0.1, -0.05) is 13.8 Å². The summed E-state index contributed by atoms with van der Waals surface area (Å²) in [6, 6.07) is 1.82. The fraction of sp³-hybridized carbons (Fsp3) is 0.667. The summed E-state index contributed by atoms with van der Waals surface area (Å²) in [5.41, 5.74) is -0.0720. The topological polar surface area (TPSA) is 53.7 Å². The van der Waals surface area contributed by atoms with Crippen LogP contribution in [-0.2, 0) is 0 Å². The Balaban J connectivity index is 2.10. The molecule has 0 aliphatic heterocycles. The van der Waals surface area contributed by atoms with Gasteiger partial charge in [-0.15, -0.1) is 0 Å². The predicted octanol–water partition coefficient (Wildman–Crippen LogP) is 2.70. The monoisotopic (exact) mass is 265 g/mol. The highest BCUT2D eigenvalue weighted by Crippen LogP contribution is 2.32. The van der Waals surface area contributed by atoms with Gasteiger partial charge in [-0.2, -0.15) is 0 Å². The Morgan fingerprint density at radius 2 is 2.16 bits per heavy atom. The molecule has 1 fully saturated rings. The molecule has 0 aromatic carbocycles. The molecule has 1 heterocycles. The van der Waals surface area contributed by atoms with Crippen molar-refractivity contribution in [3.05, 3.63) is 23.2 Å². The molecule has 4 nitrogen and oxygen atoms in total. The molecule has 0 bridgehead atoms. The van der Waals surface area contributed by atoms with Crippen LogP contribution in [0.3, 0.4) is 0 Å². The molecule has 0 atom stereocenters. The maximum absolute atomic E-state index is 12.4. The zero-order valence-corrected chi connectivity index (χ0v) is 12.2. The summed E-state index contributed by atoms with van der Waals surface area (Å²) >= 11 is 0. The molecule has 1 aromatic rings. The van der Waals surface area contributed by atoms with E-state index >= 15 is 0 Å². The summed E-state index contributed by atoms with van der Waals surface area (Å²) in [6.45, 7) is 6.28. The van der Waals surface area contributed by atoms with Gasteiger partial charge in [0.25, 0.3) is 5.91 Å². The average Bonchev–Trinajstić information content (AvgIpc) is 2.68. The van der Waals surface area contributed by atoms with Gasteiger partial charge in [0.05, 0.1) is 11.2 Å². The molecule has 2 rings (SSSR count). The maximum atomic E-state index is 12.4. The van der Waals surface area contributed by atoms with Crippen molar-refractivity contribution < 1.29 is 14.3 Å². The summed E-state index contributed by atoms with van der Waals surface area (Å²) < 4.78 is 5.61. The van der Waals surface area contributed by atoms with E-state index in [4.69, 9.17) is 4.42 Å². The third kappa shape index (κ3) is 2.84.